The number of alkyl halides is 1. The summed E-state index contributed by atoms with van der Waals surface area (Å²) in [6.45, 7) is 0.150. The van der Waals surface area contributed by atoms with E-state index in [2.05, 4.69) is 9.97 Å². The SMILES string of the molecule is CC(O[C@H](CO)[C@@H](O)CF)n1ccc2c(Cl)nc(N)nc21. The lowest BCUT2D eigenvalue weighted by Crippen LogP contribution is -2.35. The van der Waals surface area contributed by atoms with Gasteiger partial charge in [-0.2, -0.15) is 4.98 Å². The summed E-state index contributed by atoms with van der Waals surface area (Å²) in [7, 11) is 0. The molecule has 0 spiro atoms. The zero-order chi connectivity index (χ0) is 15.6. The molecule has 21 heavy (non-hydrogen) atoms. The van der Waals surface area contributed by atoms with Crippen LogP contribution in [0.1, 0.15) is 13.2 Å². The van der Waals surface area contributed by atoms with Gasteiger partial charge < -0.3 is 25.3 Å². The number of halogens is 2. The molecule has 1 unspecified atom stereocenters. The highest BCUT2D eigenvalue weighted by Gasteiger charge is 2.23. The van der Waals surface area contributed by atoms with Crippen LogP contribution in [0, 0.1) is 0 Å². The van der Waals surface area contributed by atoms with E-state index in [1.165, 1.54) is 0 Å². The maximum absolute atomic E-state index is 12.5. The molecule has 3 atom stereocenters. The van der Waals surface area contributed by atoms with Crippen LogP contribution in [0.4, 0.5) is 10.3 Å². The van der Waals surface area contributed by atoms with Crippen LogP contribution in [-0.4, -0.2) is 50.2 Å². The molecule has 0 saturated carbocycles. The Morgan fingerprint density at radius 1 is 1.52 bits per heavy atom. The number of aromatic nitrogens is 3. The lowest BCUT2D eigenvalue weighted by atomic mass is 10.2. The molecule has 0 saturated heterocycles. The molecule has 2 heterocycles. The molecule has 0 aliphatic heterocycles. The third kappa shape index (κ3) is 3.24. The molecule has 0 aliphatic carbocycles. The van der Waals surface area contributed by atoms with Gasteiger partial charge in [0.15, 0.2) is 0 Å². The van der Waals surface area contributed by atoms with Crippen LogP contribution in [0.25, 0.3) is 11.0 Å². The van der Waals surface area contributed by atoms with E-state index < -0.39 is 31.7 Å². The number of anilines is 1. The van der Waals surface area contributed by atoms with Gasteiger partial charge in [0.2, 0.25) is 5.95 Å². The maximum atomic E-state index is 12.5. The molecule has 0 aromatic carbocycles. The van der Waals surface area contributed by atoms with Crippen molar-refractivity contribution in [2.45, 2.75) is 25.4 Å². The molecule has 0 amide bonds. The van der Waals surface area contributed by atoms with Gasteiger partial charge in [0.1, 0.15) is 35.9 Å². The standard InChI is InChI=1S/C12H16ClFN4O3/c1-6(21-9(5-19)8(20)4-14)18-3-2-7-10(13)16-12(15)17-11(7)18/h2-3,6,8-9,19-20H,4-5H2,1H3,(H2,15,16,17)/t6?,8-,9+/m0/s1. The van der Waals surface area contributed by atoms with E-state index in [0.29, 0.717) is 11.0 Å². The summed E-state index contributed by atoms with van der Waals surface area (Å²) in [5.74, 6) is 0.0159. The highest BCUT2D eigenvalue weighted by molar-refractivity contribution is 6.34. The second-order valence-corrected chi connectivity index (χ2v) is 4.87. The lowest BCUT2D eigenvalue weighted by Gasteiger charge is -2.24. The Morgan fingerprint density at radius 2 is 2.24 bits per heavy atom. The molecule has 2 aromatic heterocycles. The van der Waals surface area contributed by atoms with Gasteiger partial charge in [0, 0.05) is 6.20 Å². The predicted octanol–water partition coefficient (Wildman–Crippen LogP) is 0.893. The number of hydrogen-bond acceptors (Lipinski definition) is 6. The van der Waals surface area contributed by atoms with Crippen molar-refractivity contribution in [3.05, 3.63) is 17.4 Å². The third-order valence-electron chi connectivity index (χ3n) is 3.07. The number of rotatable bonds is 6. The van der Waals surface area contributed by atoms with Crippen LogP contribution >= 0.6 is 11.6 Å². The number of aliphatic hydroxyl groups is 2. The zero-order valence-corrected chi connectivity index (χ0v) is 12.0. The smallest absolute Gasteiger partial charge is 0.223 e. The normalized spacial score (nSPS) is 16.0. The van der Waals surface area contributed by atoms with Gasteiger partial charge in [-0.3, -0.25) is 0 Å². The fourth-order valence-electron chi connectivity index (χ4n) is 1.98. The zero-order valence-electron chi connectivity index (χ0n) is 11.3. The summed E-state index contributed by atoms with van der Waals surface area (Å²) in [5, 5.41) is 19.4. The largest absolute Gasteiger partial charge is 0.394 e. The summed E-state index contributed by atoms with van der Waals surface area (Å²) in [5.41, 5.74) is 6.01. The van der Waals surface area contributed by atoms with Crippen molar-refractivity contribution in [1.82, 2.24) is 14.5 Å². The highest BCUT2D eigenvalue weighted by atomic mass is 35.5. The van der Waals surface area contributed by atoms with Gasteiger partial charge >= 0.3 is 0 Å². The van der Waals surface area contributed by atoms with E-state index in [0.717, 1.165) is 0 Å². The topological polar surface area (TPSA) is 106 Å². The van der Waals surface area contributed by atoms with Gasteiger partial charge in [-0.25, -0.2) is 9.37 Å². The van der Waals surface area contributed by atoms with Gasteiger partial charge in [-0.1, -0.05) is 11.6 Å². The van der Waals surface area contributed by atoms with Gasteiger partial charge in [-0.15, -0.1) is 0 Å². The predicted molar refractivity (Wildman–Crippen MR) is 75.6 cm³/mol. The molecule has 0 radical (unpaired) electrons. The summed E-state index contributed by atoms with van der Waals surface area (Å²) >= 11 is 5.97. The molecule has 116 valence electrons. The number of nitrogen functional groups attached to an aromatic ring is 1. The number of aliphatic hydroxyl groups excluding tert-OH is 2. The number of fused-ring (bicyclic) bond motifs is 1. The molecular weight excluding hydrogens is 303 g/mol. The molecule has 4 N–H and O–H groups in total. The number of ether oxygens (including phenoxy) is 1. The molecule has 0 bridgehead atoms. The third-order valence-corrected chi connectivity index (χ3v) is 3.36. The van der Waals surface area contributed by atoms with E-state index in [-0.39, 0.29) is 11.1 Å². The number of hydrogen-bond donors (Lipinski definition) is 3. The first-order chi connectivity index (χ1) is 9.97. The Balaban J connectivity index is 2.29. The number of nitrogens with two attached hydrogens (primary N) is 1. The van der Waals surface area contributed by atoms with Crippen LogP contribution in [0.15, 0.2) is 12.3 Å². The fraction of sp³-hybridized carbons (Fsp3) is 0.500. The quantitative estimate of drug-likeness (QED) is 0.683. The Labute approximate surface area is 125 Å². The van der Waals surface area contributed by atoms with Crippen LogP contribution < -0.4 is 5.73 Å². The Bertz CT molecular complexity index is 624. The maximum Gasteiger partial charge on any atom is 0.223 e. The van der Waals surface area contributed by atoms with Crippen molar-refractivity contribution in [1.29, 1.82) is 0 Å². The minimum absolute atomic E-state index is 0.0159. The summed E-state index contributed by atoms with van der Waals surface area (Å²) < 4.78 is 19.5. The number of nitrogens with zero attached hydrogens (tertiary/aromatic N) is 3. The van der Waals surface area contributed by atoms with E-state index in [1.807, 2.05) is 0 Å². The van der Waals surface area contributed by atoms with Crippen molar-refractivity contribution >= 4 is 28.6 Å². The molecule has 0 fully saturated rings. The Hall–Kier alpha value is -1.48. The monoisotopic (exact) mass is 318 g/mol. The Kier molecular flexibility index (Phi) is 4.94. The van der Waals surface area contributed by atoms with Crippen molar-refractivity contribution in [2.75, 3.05) is 19.0 Å². The molecule has 0 aliphatic rings. The second-order valence-electron chi connectivity index (χ2n) is 4.51. The molecular formula is C12H16ClFN4O3. The fourth-order valence-corrected chi connectivity index (χ4v) is 2.21. The average Bonchev–Trinajstić information content (AvgIpc) is 2.87. The minimum atomic E-state index is -1.40. The van der Waals surface area contributed by atoms with Crippen LogP contribution in [0.3, 0.4) is 0 Å². The van der Waals surface area contributed by atoms with E-state index in [4.69, 9.17) is 27.2 Å². The van der Waals surface area contributed by atoms with Crippen LogP contribution in [0.5, 0.6) is 0 Å². The summed E-state index contributed by atoms with van der Waals surface area (Å²) in [6.07, 6.45) is -1.41. The van der Waals surface area contributed by atoms with E-state index in [9.17, 15) is 9.50 Å². The van der Waals surface area contributed by atoms with E-state index >= 15 is 0 Å². The first kappa shape index (κ1) is 15.9. The molecule has 2 rings (SSSR count). The highest BCUT2D eigenvalue weighted by Crippen LogP contribution is 2.26. The van der Waals surface area contributed by atoms with Crippen LogP contribution in [-0.2, 0) is 4.74 Å². The van der Waals surface area contributed by atoms with Crippen molar-refractivity contribution in [3.63, 3.8) is 0 Å². The van der Waals surface area contributed by atoms with Gasteiger partial charge in [0.05, 0.1) is 12.0 Å². The van der Waals surface area contributed by atoms with Gasteiger partial charge in [-0.05, 0) is 13.0 Å². The first-order valence-corrected chi connectivity index (χ1v) is 6.65. The van der Waals surface area contributed by atoms with E-state index in [1.54, 1.807) is 23.8 Å². The van der Waals surface area contributed by atoms with Crippen molar-refractivity contribution in [3.8, 4) is 0 Å². The van der Waals surface area contributed by atoms with Crippen LogP contribution in [0.2, 0.25) is 5.15 Å². The molecule has 7 nitrogen and oxygen atoms in total. The van der Waals surface area contributed by atoms with Crippen molar-refractivity contribution < 1.29 is 19.3 Å². The first-order valence-electron chi connectivity index (χ1n) is 6.27. The summed E-state index contributed by atoms with van der Waals surface area (Å²) in [4.78, 5) is 7.92. The average molecular weight is 319 g/mol. The molecule has 9 heteroatoms. The van der Waals surface area contributed by atoms with Gasteiger partial charge in [0.25, 0.3) is 0 Å². The summed E-state index contributed by atoms with van der Waals surface area (Å²) in [6, 6.07) is 1.69. The Morgan fingerprint density at radius 3 is 2.86 bits per heavy atom. The second kappa shape index (κ2) is 6.52. The van der Waals surface area contributed by atoms with Crippen molar-refractivity contribution in [2.24, 2.45) is 0 Å². The lowest BCUT2D eigenvalue weighted by molar-refractivity contribution is -0.119. The minimum Gasteiger partial charge on any atom is -0.394 e. The molecule has 2 aromatic rings.